The van der Waals surface area contributed by atoms with Crippen LogP contribution in [0.4, 0.5) is 10.8 Å². The van der Waals surface area contributed by atoms with Crippen LogP contribution in [0, 0.1) is 0 Å². The average molecular weight is 276 g/mol. The van der Waals surface area contributed by atoms with Crippen molar-refractivity contribution in [2.75, 3.05) is 17.7 Å². The summed E-state index contributed by atoms with van der Waals surface area (Å²) in [6.45, 7) is 4.18. The molecule has 0 bridgehead atoms. The number of aromatic nitrogens is 2. The minimum Gasteiger partial charge on any atom is -0.363 e. The third-order valence-corrected chi connectivity index (χ3v) is 3.60. The molecule has 0 spiro atoms. The normalized spacial score (nSPS) is 10.5. The number of para-hydroxylation sites is 1. The Kier molecular flexibility index (Phi) is 4.11. The van der Waals surface area contributed by atoms with Crippen LogP contribution in [0.5, 0.6) is 0 Å². The first-order chi connectivity index (χ1) is 9.11. The van der Waals surface area contributed by atoms with E-state index in [0.717, 1.165) is 11.3 Å². The Labute approximate surface area is 116 Å². The van der Waals surface area contributed by atoms with Crippen molar-refractivity contribution in [3.8, 4) is 0 Å². The number of rotatable bonds is 4. The van der Waals surface area contributed by atoms with Gasteiger partial charge in [0.05, 0.1) is 0 Å². The molecule has 0 aliphatic carbocycles. The summed E-state index contributed by atoms with van der Waals surface area (Å²) in [6, 6.07) is 7.78. The first kappa shape index (κ1) is 13.5. The summed E-state index contributed by atoms with van der Waals surface area (Å²) >= 11 is 1.23. The van der Waals surface area contributed by atoms with Gasteiger partial charge in [-0.1, -0.05) is 43.4 Å². The Morgan fingerprint density at radius 1 is 1.26 bits per heavy atom. The maximum atomic E-state index is 12.1. The van der Waals surface area contributed by atoms with E-state index in [4.69, 9.17) is 0 Å². The molecule has 19 heavy (non-hydrogen) atoms. The molecular formula is C13H16N4OS. The van der Waals surface area contributed by atoms with E-state index < -0.39 is 0 Å². The van der Waals surface area contributed by atoms with E-state index in [1.54, 1.807) is 7.05 Å². The highest BCUT2D eigenvalue weighted by molar-refractivity contribution is 7.17. The van der Waals surface area contributed by atoms with Gasteiger partial charge in [0.15, 0.2) is 0 Å². The van der Waals surface area contributed by atoms with Gasteiger partial charge >= 0.3 is 0 Å². The summed E-state index contributed by atoms with van der Waals surface area (Å²) in [6.07, 6.45) is 0. The molecule has 0 unspecified atom stereocenters. The summed E-state index contributed by atoms with van der Waals surface area (Å²) in [7, 11) is 1.75. The second-order valence-corrected chi connectivity index (χ2v) is 5.34. The van der Waals surface area contributed by atoms with E-state index in [9.17, 15) is 4.79 Å². The number of carbonyl (C=O) groups excluding carboxylic acids is 1. The van der Waals surface area contributed by atoms with Gasteiger partial charge in [-0.25, -0.2) is 0 Å². The van der Waals surface area contributed by atoms with Crippen LogP contribution in [-0.4, -0.2) is 23.2 Å². The quantitative estimate of drug-likeness (QED) is 0.901. The second-order valence-electron chi connectivity index (χ2n) is 4.36. The van der Waals surface area contributed by atoms with Crippen LogP contribution in [0.15, 0.2) is 24.3 Å². The van der Waals surface area contributed by atoms with Crippen molar-refractivity contribution in [1.82, 2.24) is 10.2 Å². The van der Waals surface area contributed by atoms with Crippen molar-refractivity contribution in [2.24, 2.45) is 0 Å². The van der Waals surface area contributed by atoms with E-state index in [0.29, 0.717) is 16.1 Å². The van der Waals surface area contributed by atoms with Gasteiger partial charge in [-0.15, -0.1) is 10.2 Å². The Morgan fingerprint density at radius 3 is 2.63 bits per heavy atom. The van der Waals surface area contributed by atoms with Crippen molar-refractivity contribution in [1.29, 1.82) is 0 Å². The van der Waals surface area contributed by atoms with Crippen LogP contribution >= 0.6 is 11.3 Å². The van der Waals surface area contributed by atoms with Gasteiger partial charge in [-0.05, 0) is 17.5 Å². The second kappa shape index (κ2) is 5.79. The van der Waals surface area contributed by atoms with E-state index >= 15 is 0 Å². The standard InChI is InChI=1S/C13H16N4OS/c1-8(2)9-6-4-5-7-10(9)15-11(18)12-16-17-13(14-3)19-12/h4-8H,1-3H3,(H,14,17)(H,15,18). The smallest absolute Gasteiger partial charge is 0.286 e. The topological polar surface area (TPSA) is 66.9 Å². The highest BCUT2D eigenvalue weighted by atomic mass is 32.1. The maximum absolute atomic E-state index is 12.1. The SMILES string of the molecule is CNc1nnc(C(=O)Nc2ccccc2C(C)C)s1. The van der Waals surface area contributed by atoms with Gasteiger partial charge in [0.2, 0.25) is 10.1 Å². The molecule has 1 aromatic heterocycles. The number of nitrogens with one attached hydrogen (secondary N) is 2. The fraction of sp³-hybridized carbons (Fsp3) is 0.308. The first-order valence-electron chi connectivity index (χ1n) is 6.03. The summed E-state index contributed by atoms with van der Waals surface area (Å²) in [5.74, 6) is 0.117. The fourth-order valence-electron chi connectivity index (χ4n) is 1.71. The summed E-state index contributed by atoms with van der Waals surface area (Å²) in [5, 5.41) is 14.4. The third-order valence-electron chi connectivity index (χ3n) is 2.66. The monoisotopic (exact) mass is 276 g/mol. The lowest BCUT2D eigenvalue weighted by Gasteiger charge is -2.12. The molecule has 0 saturated carbocycles. The molecule has 6 heteroatoms. The van der Waals surface area contributed by atoms with Crippen LogP contribution in [0.3, 0.4) is 0 Å². The lowest BCUT2D eigenvalue weighted by Crippen LogP contribution is -2.13. The van der Waals surface area contributed by atoms with E-state index in [1.807, 2.05) is 24.3 Å². The molecule has 1 heterocycles. The molecule has 2 aromatic rings. The number of hydrogen-bond donors (Lipinski definition) is 2. The molecule has 100 valence electrons. The first-order valence-corrected chi connectivity index (χ1v) is 6.85. The molecule has 0 fully saturated rings. The zero-order valence-corrected chi connectivity index (χ0v) is 11.9. The predicted octanol–water partition coefficient (Wildman–Crippen LogP) is 2.96. The Bertz CT molecular complexity index is 580. The van der Waals surface area contributed by atoms with Crippen molar-refractivity contribution in [3.63, 3.8) is 0 Å². The molecule has 1 aromatic carbocycles. The molecule has 1 amide bonds. The van der Waals surface area contributed by atoms with Crippen molar-refractivity contribution >= 4 is 28.1 Å². The molecule has 5 nitrogen and oxygen atoms in total. The Morgan fingerprint density at radius 2 is 2.00 bits per heavy atom. The number of anilines is 2. The molecule has 0 aliphatic heterocycles. The number of hydrogen-bond acceptors (Lipinski definition) is 5. The van der Waals surface area contributed by atoms with Gasteiger partial charge in [-0.2, -0.15) is 0 Å². The average Bonchev–Trinajstić information content (AvgIpc) is 2.88. The molecule has 2 rings (SSSR count). The van der Waals surface area contributed by atoms with Crippen LogP contribution in [0.1, 0.15) is 35.1 Å². The lowest BCUT2D eigenvalue weighted by molar-refractivity contribution is 0.102. The molecule has 0 aliphatic rings. The lowest BCUT2D eigenvalue weighted by atomic mass is 10.0. The predicted molar refractivity (Wildman–Crippen MR) is 77.9 cm³/mol. The van der Waals surface area contributed by atoms with Crippen molar-refractivity contribution < 1.29 is 4.79 Å². The molecular weight excluding hydrogens is 260 g/mol. The Hall–Kier alpha value is -1.95. The zero-order chi connectivity index (χ0) is 13.8. The van der Waals surface area contributed by atoms with Crippen LogP contribution in [-0.2, 0) is 0 Å². The fourth-order valence-corrected chi connectivity index (χ4v) is 2.30. The minimum atomic E-state index is -0.230. The van der Waals surface area contributed by atoms with Gasteiger partial charge < -0.3 is 10.6 Å². The largest absolute Gasteiger partial charge is 0.363 e. The van der Waals surface area contributed by atoms with Gasteiger partial charge in [0.25, 0.3) is 5.91 Å². The summed E-state index contributed by atoms with van der Waals surface area (Å²) in [5.41, 5.74) is 1.93. The highest BCUT2D eigenvalue weighted by Crippen LogP contribution is 2.24. The van der Waals surface area contributed by atoms with Crippen LogP contribution in [0.2, 0.25) is 0 Å². The molecule has 0 radical (unpaired) electrons. The van der Waals surface area contributed by atoms with Gasteiger partial charge in [0, 0.05) is 12.7 Å². The number of carbonyl (C=O) groups is 1. The van der Waals surface area contributed by atoms with E-state index in [-0.39, 0.29) is 5.91 Å². The highest BCUT2D eigenvalue weighted by Gasteiger charge is 2.14. The van der Waals surface area contributed by atoms with Crippen LogP contribution < -0.4 is 10.6 Å². The van der Waals surface area contributed by atoms with E-state index in [1.165, 1.54) is 11.3 Å². The van der Waals surface area contributed by atoms with E-state index in [2.05, 4.69) is 34.7 Å². The van der Waals surface area contributed by atoms with Gasteiger partial charge in [0.1, 0.15) is 0 Å². The third kappa shape index (κ3) is 3.08. The maximum Gasteiger partial charge on any atom is 0.286 e. The number of amides is 1. The summed E-state index contributed by atoms with van der Waals surface area (Å²) < 4.78 is 0. The summed E-state index contributed by atoms with van der Waals surface area (Å²) in [4.78, 5) is 12.1. The minimum absolute atomic E-state index is 0.230. The molecule has 2 N–H and O–H groups in total. The molecule has 0 atom stereocenters. The van der Waals surface area contributed by atoms with Crippen molar-refractivity contribution in [2.45, 2.75) is 19.8 Å². The van der Waals surface area contributed by atoms with Crippen LogP contribution in [0.25, 0.3) is 0 Å². The zero-order valence-electron chi connectivity index (χ0n) is 11.1. The molecule has 0 saturated heterocycles. The van der Waals surface area contributed by atoms with Gasteiger partial charge in [-0.3, -0.25) is 4.79 Å². The number of benzene rings is 1. The number of nitrogens with zero attached hydrogens (tertiary/aromatic N) is 2. The Balaban J connectivity index is 2.19. The van der Waals surface area contributed by atoms with Crippen molar-refractivity contribution in [3.05, 3.63) is 34.8 Å².